The number of benzene rings is 2. The van der Waals surface area contributed by atoms with E-state index in [1.54, 1.807) is 19.0 Å². The van der Waals surface area contributed by atoms with Crippen LogP contribution in [0.25, 0.3) is 0 Å². The molecule has 0 aromatic heterocycles. The van der Waals surface area contributed by atoms with Crippen molar-refractivity contribution in [3.05, 3.63) is 59.7 Å². The first-order valence-corrected chi connectivity index (χ1v) is 7.82. The summed E-state index contributed by atoms with van der Waals surface area (Å²) in [7, 11) is 3.52. The van der Waals surface area contributed by atoms with Crippen molar-refractivity contribution in [2.45, 2.75) is 18.9 Å². The summed E-state index contributed by atoms with van der Waals surface area (Å²) in [5, 5.41) is 0. The number of amides is 1. The molecule has 0 fully saturated rings. The summed E-state index contributed by atoms with van der Waals surface area (Å²) >= 11 is 0. The van der Waals surface area contributed by atoms with Crippen molar-refractivity contribution in [1.82, 2.24) is 4.90 Å². The lowest BCUT2D eigenvalue weighted by molar-refractivity contribution is 0.0827. The Morgan fingerprint density at radius 2 is 1.78 bits per heavy atom. The van der Waals surface area contributed by atoms with Crippen LogP contribution in [0.5, 0.6) is 11.5 Å². The van der Waals surface area contributed by atoms with Crippen LogP contribution in [0.2, 0.25) is 0 Å². The topological polar surface area (TPSA) is 38.8 Å². The van der Waals surface area contributed by atoms with Gasteiger partial charge in [0.1, 0.15) is 12.7 Å². The Labute approximate surface area is 136 Å². The normalized spacial score (nSPS) is 16.0. The molecule has 1 aliphatic rings. The van der Waals surface area contributed by atoms with E-state index in [1.807, 2.05) is 48.5 Å². The molecule has 2 aromatic rings. The van der Waals surface area contributed by atoms with Crippen molar-refractivity contribution in [2.24, 2.45) is 0 Å². The van der Waals surface area contributed by atoms with Gasteiger partial charge in [0.15, 0.2) is 11.5 Å². The van der Waals surface area contributed by atoms with Gasteiger partial charge in [0.05, 0.1) is 0 Å². The van der Waals surface area contributed by atoms with Crippen molar-refractivity contribution in [3.63, 3.8) is 0 Å². The van der Waals surface area contributed by atoms with E-state index in [0.717, 1.165) is 24.3 Å². The van der Waals surface area contributed by atoms with Crippen LogP contribution in [0.4, 0.5) is 0 Å². The number of carbonyl (C=O) groups is 1. The maximum atomic E-state index is 11.9. The van der Waals surface area contributed by atoms with Gasteiger partial charge in [0, 0.05) is 19.7 Å². The second kappa shape index (κ2) is 6.73. The summed E-state index contributed by atoms with van der Waals surface area (Å²) in [6.07, 6.45) is 1.84. The van der Waals surface area contributed by atoms with E-state index in [1.165, 1.54) is 5.56 Å². The number of hydrogen-bond acceptors (Lipinski definition) is 3. The van der Waals surface area contributed by atoms with Crippen LogP contribution in [-0.2, 0) is 6.42 Å². The van der Waals surface area contributed by atoms with E-state index in [4.69, 9.17) is 9.47 Å². The van der Waals surface area contributed by atoms with E-state index in [2.05, 4.69) is 0 Å². The summed E-state index contributed by atoms with van der Waals surface area (Å²) in [6.45, 7) is 0.578. The number of nitrogens with zero attached hydrogens (tertiary/aromatic N) is 1. The Kier molecular flexibility index (Phi) is 4.51. The van der Waals surface area contributed by atoms with Crippen LogP contribution in [0.15, 0.2) is 48.5 Å². The van der Waals surface area contributed by atoms with Gasteiger partial charge in [0.25, 0.3) is 5.91 Å². The first kappa shape index (κ1) is 15.4. The van der Waals surface area contributed by atoms with Crippen molar-refractivity contribution in [2.75, 3.05) is 20.7 Å². The van der Waals surface area contributed by atoms with Crippen LogP contribution in [-0.4, -0.2) is 37.6 Å². The van der Waals surface area contributed by atoms with E-state index in [9.17, 15) is 4.79 Å². The fraction of sp³-hybridized carbons (Fsp3) is 0.316. The average molecular weight is 311 g/mol. The fourth-order valence-electron chi connectivity index (χ4n) is 2.61. The standard InChI is InChI=1S/C19H21NO3/c1-20(2)19(21)15-10-7-14(8-11-15)9-12-16-13-22-17-5-3-4-6-18(17)23-16/h3-8,10-11,16H,9,12-13H2,1-2H3/t16-/m1/s1. The first-order chi connectivity index (χ1) is 11.1. The number of ether oxygens (including phenoxy) is 2. The largest absolute Gasteiger partial charge is 0.486 e. The molecular weight excluding hydrogens is 290 g/mol. The zero-order chi connectivity index (χ0) is 16.2. The summed E-state index contributed by atoms with van der Waals surface area (Å²) in [4.78, 5) is 13.5. The highest BCUT2D eigenvalue weighted by Gasteiger charge is 2.20. The molecule has 120 valence electrons. The Balaban J connectivity index is 1.56. The number of rotatable bonds is 4. The smallest absolute Gasteiger partial charge is 0.253 e. The quantitative estimate of drug-likeness (QED) is 0.870. The second-order valence-corrected chi connectivity index (χ2v) is 5.93. The van der Waals surface area contributed by atoms with E-state index >= 15 is 0 Å². The first-order valence-electron chi connectivity index (χ1n) is 7.82. The Hall–Kier alpha value is -2.49. The molecule has 0 N–H and O–H groups in total. The van der Waals surface area contributed by atoms with E-state index in [0.29, 0.717) is 12.2 Å². The highest BCUT2D eigenvalue weighted by Crippen LogP contribution is 2.31. The lowest BCUT2D eigenvalue weighted by atomic mass is 10.0. The summed E-state index contributed by atoms with van der Waals surface area (Å²) in [5.41, 5.74) is 1.91. The number of carbonyl (C=O) groups excluding carboxylic acids is 1. The fourth-order valence-corrected chi connectivity index (χ4v) is 2.61. The lowest BCUT2D eigenvalue weighted by Gasteiger charge is -2.26. The Bertz CT molecular complexity index is 679. The van der Waals surface area contributed by atoms with E-state index in [-0.39, 0.29) is 12.0 Å². The summed E-state index contributed by atoms with van der Waals surface area (Å²) in [5.74, 6) is 1.66. The minimum absolute atomic E-state index is 0.0252. The van der Waals surface area contributed by atoms with Gasteiger partial charge in [-0.15, -0.1) is 0 Å². The molecule has 3 rings (SSSR count). The van der Waals surface area contributed by atoms with Crippen molar-refractivity contribution < 1.29 is 14.3 Å². The zero-order valence-electron chi connectivity index (χ0n) is 13.5. The molecule has 23 heavy (non-hydrogen) atoms. The van der Waals surface area contributed by atoms with Crippen molar-refractivity contribution in [3.8, 4) is 11.5 Å². The minimum atomic E-state index is 0.0252. The number of fused-ring (bicyclic) bond motifs is 1. The monoisotopic (exact) mass is 311 g/mol. The molecule has 0 bridgehead atoms. The average Bonchev–Trinajstić information content (AvgIpc) is 2.59. The molecule has 0 radical (unpaired) electrons. The third-order valence-electron chi connectivity index (χ3n) is 3.93. The molecule has 2 aromatic carbocycles. The van der Waals surface area contributed by atoms with Gasteiger partial charge in [0.2, 0.25) is 0 Å². The maximum absolute atomic E-state index is 11.9. The highest BCUT2D eigenvalue weighted by atomic mass is 16.6. The molecule has 4 heteroatoms. The van der Waals surface area contributed by atoms with Crippen LogP contribution >= 0.6 is 0 Å². The van der Waals surface area contributed by atoms with E-state index < -0.39 is 0 Å². The lowest BCUT2D eigenvalue weighted by Crippen LogP contribution is -2.29. The van der Waals surface area contributed by atoms with Gasteiger partial charge in [-0.1, -0.05) is 24.3 Å². The van der Waals surface area contributed by atoms with Crippen molar-refractivity contribution >= 4 is 5.91 Å². The van der Waals surface area contributed by atoms with Crippen LogP contribution in [0, 0.1) is 0 Å². The number of para-hydroxylation sites is 2. The summed E-state index contributed by atoms with van der Waals surface area (Å²) < 4.78 is 11.7. The Morgan fingerprint density at radius 1 is 1.09 bits per heavy atom. The van der Waals surface area contributed by atoms with Gasteiger partial charge >= 0.3 is 0 Å². The van der Waals surface area contributed by atoms with Gasteiger partial charge in [-0.05, 0) is 42.7 Å². The Morgan fingerprint density at radius 3 is 2.48 bits per heavy atom. The summed E-state index contributed by atoms with van der Waals surface area (Å²) in [6, 6.07) is 15.5. The molecule has 1 heterocycles. The van der Waals surface area contributed by atoms with Crippen LogP contribution in [0.3, 0.4) is 0 Å². The maximum Gasteiger partial charge on any atom is 0.253 e. The molecule has 1 atom stereocenters. The van der Waals surface area contributed by atoms with Crippen molar-refractivity contribution in [1.29, 1.82) is 0 Å². The van der Waals surface area contributed by atoms with Gasteiger partial charge < -0.3 is 14.4 Å². The van der Waals surface area contributed by atoms with Gasteiger partial charge in [-0.2, -0.15) is 0 Å². The second-order valence-electron chi connectivity index (χ2n) is 5.93. The number of aryl methyl sites for hydroxylation is 1. The molecule has 0 aliphatic carbocycles. The molecule has 0 unspecified atom stereocenters. The van der Waals surface area contributed by atoms with Crippen LogP contribution < -0.4 is 9.47 Å². The third-order valence-corrected chi connectivity index (χ3v) is 3.93. The number of hydrogen-bond donors (Lipinski definition) is 0. The van der Waals surface area contributed by atoms with Gasteiger partial charge in [-0.25, -0.2) is 0 Å². The molecule has 1 amide bonds. The zero-order valence-corrected chi connectivity index (χ0v) is 13.5. The molecule has 0 saturated heterocycles. The van der Waals surface area contributed by atoms with Gasteiger partial charge in [-0.3, -0.25) is 4.79 Å². The molecule has 4 nitrogen and oxygen atoms in total. The molecule has 0 saturated carbocycles. The van der Waals surface area contributed by atoms with Crippen LogP contribution in [0.1, 0.15) is 22.3 Å². The molecular formula is C19H21NO3. The molecule has 1 aliphatic heterocycles. The molecule has 0 spiro atoms. The predicted molar refractivity (Wildman–Crippen MR) is 89.1 cm³/mol. The highest BCUT2D eigenvalue weighted by molar-refractivity contribution is 5.93. The minimum Gasteiger partial charge on any atom is -0.486 e. The third kappa shape index (κ3) is 3.65. The predicted octanol–water partition coefficient (Wildman–Crippen LogP) is 3.16. The SMILES string of the molecule is CN(C)C(=O)c1ccc(CC[C@@H]2COc3ccccc3O2)cc1.